The highest BCUT2D eigenvalue weighted by Gasteiger charge is 2.39. The zero-order chi connectivity index (χ0) is 14.8. The Morgan fingerprint density at radius 1 is 1.16 bits per heavy atom. The van der Waals surface area contributed by atoms with Crippen molar-refractivity contribution in [2.45, 2.75) is 12.5 Å². The molecule has 1 amide bonds. The van der Waals surface area contributed by atoms with Crippen molar-refractivity contribution in [2.24, 2.45) is 0 Å². The first-order valence-corrected chi connectivity index (χ1v) is 4.80. The Labute approximate surface area is 107 Å². The molecule has 0 spiro atoms. The molecule has 0 radical (unpaired) electrons. The number of alkyl halides is 6. The zero-order valence-corrected chi connectivity index (χ0v) is 9.45. The normalized spacial score (nSPS) is 12.2. The molecule has 1 aromatic carbocycles. The maximum Gasteiger partial charge on any atom is 0.573 e. The van der Waals surface area contributed by atoms with Gasteiger partial charge in [0.1, 0.15) is 5.75 Å². The lowest BCUT2D eigenvalue weighted by Gasteiger charge is -2.12. The van der Waals surface area contributed by atoms with E-state index in [-0.39, 0.29) is 0 Å². The van der Waals surface area contributed by atoms with Gasteiger partial charge < -0.3 is 10.1 Å². The Bertz CT molecular complexity index is 485. The van der Waals surface area contributed by atoms with Crippen LogP contribution in [0.2, 0.25) is 5.02 Å². The van der Waals surface area contributed by atoms with Crippen molar-refractivity contribution in [1.82, 2.24) is 0 Å². The number of anilines is 1. The number of hydrogen-bond acceptors (Lipinski definition) is 2. The smallest absolute Gasteiger partial charge is 0.406 e. The van der Waals surface area contributed by atoms with Gasteiger partial charge >= 0.3 is 18.4 Å². The molecule has 0 aliphatic rings. The molecule has 19 heavy (non-hydrogen) atoms. The molecule has 0 bridgehead atoms. The minimum Gasteiger partial charge on any atom is -0.406 e. The molecule has 0 aliphatic carbocycles. The molecule has 0 heterocycles. The predicted molar refractivity (Wildman–Crippen MR) is 52.8 cm³/mol. The average molecular weight is 308 g/mol. The maximum absolute atomic E-state index is 11.9. The molecular weight excluding hydrogens is 304 g/mol. The molecule has 3 nitrogen and oxygen atoms in total. The number of amides is 1. The summed E-state index contributed by atoms with van der Waals surface area (Å²) in [7, 11) is 0. The summed E-state index contributed by atoms with van der Waals surface area (Å²) < 4.78 is 74.9. The van der Waals surface area contributed by atoms with Crippen LogP contribution in [0.25, 0.3) is 0 Å². The highest BCUT2D eigenvalue weighted by atomic mass is 35.5. The van der Waals surface area contributed by atoms with Crippen molar-refractivity contribution in [3.05, 3.63) is 23.2 Å². The van der Waals surface area contributed by atoms with Gasteiger partial charge in [-0.3, -0.25) is 4.79 Å². The predicted octanol–water partition coefficient (Wildman–Crippen LogP) is 3.74. The van der Waals surface area contributed by atoms with Gasteiger partial charge in [0.15, 0.2) is 0 Å². The van der Waals surface area contributed by atoms with E-state index in [2.05, 4.69) is 4.74 Å². The first-order chi connectivity index (χ1) is 8.49. The van der Waals surface area contributed by atoms with Gasteiger partial charge in [0.25, 0.3) is 0 Å². The van der Waals surface area contributed by atoms with Crippen molar-refractivity contribution in [3.8, 4) is 5.75 Å². The van der Waals surface area contributed by atoms with Crippen molar-refractivity contribution >= 4 is 23.2 Å². The Hall–Kier alpha value is -1.64. The molecule has 0 unspecified atom stereocenters. The number of hydrogen-bond donors (Lipinski definition) is 1. The number of carbonyl (C=O) groups is 1. The number of nitrogens with one attached hydrogen (secondary N) is 1. The van der Waals surface area contributed by atoms with E-state index >= 15 is 0 Å². The van der Waals surface area contributed by atoms with Crippen LogP contribution in [0.4, 0.5) is 32.0 Å². The molecule has 10 heteroatoms. The fourth-order valence-electron chi connectivity index (χ4n) is 0.988. The van der Waals surface area contributed by atoms with Crippen molar-refractivity contribution in [1.29, 1.82) is 0 Å². The van der Waals surface area contributed by atoms with Crippen LogP contribution in [-0.2, 0) is 4.79 Å². The molecule has 0 saturated carbocycles. The summed E-state index contributed by atoms with van der Waals surface area (Å²) in [4.78, 5) is 10.6. The lowest BCUT2D eigenvalue weighted by molar-refractivity contribution is -0.274. The maximum atomic E-state index is 11.9. The van der Waals surface area contributed by atoms with E-state index in [1.165, 1.54) is 5.32 Å². The lowest BCUT2D eigenvalue weighted by Crippen LogP contribution is -2.30. The van der Waals surface area contributed by atoms with Gasteiger partial charge in [0.05, 0.1) is 10.7 Å². The summed E-state index contributed by atoms with van der Waals surface area (Å²) in [6.45, 7) is 0. The van der Waals surface area contributed by atoms with Gasteiger partial charge in [-0.25, -0.2) is 0 Å². The molecule has 0 saturated heterocycles. The average Bonchev–Trinajstić information content (AvgIpc) is 2.18. The van der Waals surface area contributed by atoms with E-state index in [1.807, 2.05) is 0 Å². The van der Waals surface area contributed by atoms with E-state index in [4.69, 9.17) is 11.6 Å². The molecule has 1 aromatic rings. The molecule has 0 aromatic heterocycles. The van der Waals surface area contributed by atoms with Crippen LogP contribution in [0, 0.1) is 0 Å². The zero-order valence-electron chi connectivity index (χ0n) is 8.69. The van der Waals surface area contributed by atoms with Crippen LogP contribution in [0.3, 0.4) is 0 Å². The number of ether oxygens (including phenoxy) is 1. The lowest BCUT2D eigenvalue weighted by atomic mass is 10.3. The molecule has 0 atom stereocenters. The summed E-state index contributed by atoms with van der Waals surface area (Å²) in [6, 6.07) is 2.10. The summed E-state index contributed by atoms with van der Waals surface area (Å²) in [5.41, 5.74) is -0.487. The monoisotopic (exact) mass is 307 g/mol. The number of halogens is 7. The minimum absolute atomic E-state index is 0.487. The first-order valence-electron chi connectivity index (χ1n) is 4.42. The van der Waals surface area contributed by atoms with Crippen molar-refractivity contribution in [3.63, 3.8) is 0 Å². The van der Waals surface area contributed by atoms with E-state index in [0.717, 1.165) is 6.07 Å². The SMILES string of the molecule is O=C(Nc1ccc(OC(F)(F)F)cc1Cl)C(F)(F)F. The Kier molecular flexibility index (Phi) is 4.18. The Morgan fingerprint density at radius 2 is 1.74 bits per heavy atom. The van der Waals surface area contributed by atoms with Crippen molar-refractivity contribution in [2.75, 3.05) is 5.32 Å². The molecule has 0 aliphatic heterocycles. The molecule has 0 fully saturated rings. The van der Waals surface area contributed by atoms with Gasteiger partial charge in [-0.15, -0.1) is 13.2 Å². The van der Waals surface area contributed by atoms with Gasteiger partial charge in [-0.1, -0.05) is 11.6 Å². The summed E-state index contributed by atoms with van der Waals surface area (Å²) in [5, 5.41) is 0.879. The number of benzene rings is 1. The van der Waals surface area contributed by atoms with Gasteiger partial charge in [-0.2, -0.15) is 13.2 Å². The standard InChI is InChI=1S/C9H4ClF6NO2/c10-5-3-4(19-9(14,15)16)1-2-6(5)17-7(18)8(11,12)13/h1-3H,(H,17,18). The highest BCUT2D eigenvalue weighted by Crippen LogP contribution is 2.31. The van der Waals surface area contributed by atoms with Gasteiger partial charge in [-0.05, 0) is 12.1 Å². The van der Waals surface area contributed by atoms with E-state index in [0.29, 0.717) is 12.1 Å². The van der Waals surface area contributed by atoms with Crippen LogP contribution in [0.5, 0.6) is 5.75 Å². The van der Waals surface area contributed by atoms with Crippen LogP contribution in [0.15, 0.2) is 18.2 Å². The molecular formula is C9H4ClF6NO2. The Morgan fingerprint density at radius 3 is 2.16 bits per heavy atom. The second-order valence-electron chi connectivity index (χ2n) is 3.14. The molecule has 1 N–H and O–H groups in total. The van der Waals surface area contributed by atoms with Crippen LogP contribution in [-0.4, -0.2) is 18.4 Å². The van der Waals surface area contributed by atoms with E-state index < -0.39 is 34.9 Å². The Balaban J connectivity index is 2.87. The van der Waals surface area contributed by atoms with E-state index in [9.17, 15) is 31.1 Å². The van der Waals surface area contributed by atoms with Crippen LogP contribution >= 0.6 is 11.6 Å². The minimum atomic E-state index is -5.13. The fourth-order valence-corrected chi connectivity index (χ4v) is 1.21. The largest absolute Gasteiger partial charge is 0.573 e. The first kappa shape index (κ1) is 15.4. The number of rotatable bonds is 2. The summed E-state index contributed by atoms with van der Waals surface area (Å²) in [6.07, 6.45) is -10.1. The van der Waals surface area contributed by atoms with Crippen LogP contribution < -0.4 is 10.1 Å². The van der Waals surface area contributed by atoms with E-state index in [1.54, 1.807) is 0 Å². The summed E-state index contributed by atoms with van der Waals surface area (Å²) in [5.74, 6) is -3.01. The molecule has 106 valence electrons. The fraction of sp³-hybridized carbons (Fsp3) is 0.222. The van der Waals surface area contributed by atoms with Crippen LogP contribution in [0.1, 0.15) is 0 Å². The van der Waals surface area contributed by atoms with Gasteiger partial charge in [0, 0.05) is 6.07 Å². The second-order valence-corrected chi connectivity index (χ2v) is 3.55. The summed E-state index contributed by atoms with van der Waals surface area (Å²) >= 11 is 5.42. The third-order valence-electron chi connectivity index (χ3n) is 1.68. The highest BCUT2D eigenvalue weighted by molar-refractivity contribution is 6.33. The quantitative estimate of drug-likeness (QED) is 0.845. The third-order valence-corrected chi connectivity index (χ3v) is 1.99. The third kappa shape index (κ3) is 4.86. The van der Waals surface area contributed by atoms with Gasteiger partial charge in [0.2, 0.25) is 0 Å². The number of carbonyl (C=O) groups excluding carboxylic acids is 1. The molecule has 1 rings (SSSR count). The second kappa shape index (κ2) is 5.16. The van der Waals surface area contributed by atoms with Crippen molar-refractivity contribution < 1.29 is 35.9 Å². The topological polar surface area (TPSA) is 38.3 Å².